The molecule has 0 saturated heterocycles. The molecular weight excluding hydrogens is 367 g/mol. The molecule has 0 nitrogen and oxygen atoms in total. The first-order chi connectivity index (χ1) is 10.0. The smallest absolute Gasteiger partial charge is 0.0628 e. The van der Waals surface area contributed by atoms with E-state index in [9.17, 15) is 0 Å². The van der Waals surface area contributed by atoms with Crippen molar-refractivity contribution in [3.8, 4) is 0 Å². The average molecular weight is 405 g/mol. The number of hydrogen-bond donors (Lipinski definition) is 0. The van der Waals surface area contributed by atoms with Gasteiger partial charge in [-0.3, -0.25) is 0 Å². The summed E-state index contributed by atoms with van der Waals surface area (Å²) < 4.78 is 2.39. The largest absolute Gasteiger partial charge is 0.275 e. The lowest BCUT2D eigenvalue weighted by atomic mass is 9.84. The van der Waals surface area contributed by atoms with Gasteiger partial charge in [-0.15, -0.1) is 0 Å². The van der Waals surface area contributed by atoms with E-state index in [2.05, 4.69) is 27.7 Å². The normalized spacial score (nSPS) is 34.6. The first-order valence-corrected chi connectivity index (χ1v) is 12.1. The molecule has 0 heterocycles. The van der Waals surface area contributed by atoms with E-state index in [1.165, 1.54) is 20.7 Å². The van der Waals surface area contributed by atoms with Crippen molar-refractivity contribution < 1.29 is 21.2 Å². The molecule has 0 bridgehead atoms. The highest BCUT2D eigenvalue weighted by Crippen LogP contribution is 2.29. The second-order valence-corrected chi connectivity index (χ2v) is 12.9. The molecule has 0 radical (unpaired) electrons. The highest BCUT2D eigenvalue weighted by atomic mass is 127. The molecule has 0 atom stereocenters. The Morgan fingerprint density at radius 3 is 1.24 bits per heavy atom. The Kier molecular flexibility index (Phi) is 7.86. The van der Waals surface area contributed by atoms with Crippen molar-refractivity contribution in [2.75, 3.05) is 0 Å². The Hall–Kier alpha value is 0.730. The molecule has 0 aromatic rings. The van der Waals surface area contributed by atoms with Crippen LogP contribution in [0.15, 0.2) is 0 Å². The molecule has 0 aliphatic heterocycles. The van der Waals surface area contributed by atoms with Gasteiger partial charge in [0.15, 0.2) is 7.85 Å². The fourth-order valence-electron chi connectivity index (χ4n) is 4.55. The molecule has 2 fully saturated rings. The van der Waals surface area contributed by atoms with E-state index in [4.69, 9.17) is 0 Å². The van der Waals surface area contributed by atoms with Crippen LogP contribution in [0.2, 0.25) is 0 Å². The van der Waals surface area contributed by atoms with Crippen molar-refractivity contribution in [3.05, 3.63) is 0 Å². The zero-order chi connectivity index (χ0) is 15.2. The van der Waals surface area contributed by atoms with Gasteiger partial charge in [-0.1, -0.05) is 27.7 Å². The molecule has 0 aromatic carbocycles. The summed E-state index contributed by atoms with van der Waals surface area (Å²) in [7, 11) is 0. The minimum atomic E-state index is 0.502. The van der Waals surface area contributed by atoms with Crippen LogP contribution in [0.1, 0.15) is 91.9 Å². The molecule has 2 aliphatic carbocycles. The maximum absolute atomic E-state index is 2.40. The van der Waals surface area contributed by atoms with Gasteiger partial charge in [-0.25, -0.2) is 0 Å². The summed E-state index contributed by atoms with van der Waals surface area (Å²) >= 11 is 0.502. The summed E-state index contributed by atoms with van der Waals surface area (Å²) in [5.74, 6) is 3.98. The average Bonchev–Trinajstić information content (AvgIpc) is 2.42. The fraction of sp³-hybridized carbons (Fsp3) is 1.00. The first-order valence-electron chi connectivity index (χ1n) is 9.64. The topological polar surface area (TPSA) is 0 Å². The molecule has 0 amide bonds. The molecule has 2 rings (SSSR count). The highest BCUT2D eigenvalue weighted by Gasteiger charge is 2.37. The Balaban J connectivity index is 1.61. The maximum Gasteiger partial charge on any atom is 0.275 e. The van der Waals surface area contributed by atoms with Crippen LogP contribution in [0, 0.1) is 23.7 Å². The molecule has 21 heavy (non-hydrogen) atoms. The zero-order valence-electron chi connectivity index (χ0n) is 14.9. The van der Waals surface area contributed by atoms with Crippen molar-refractivity contribution in [2.24, 2.45) is 23.7 Å². The molecule has 2 aliphatic rings. The second-order valence-electron chi connectivity index (χ2n) is 8.62. The highest BCUT2D eigenvalue weighted by molar-refractivity contribution is 4.75. The Labute approximate surface area is 144 Å². The van der Waals surface area contributed by atoms with Crippen molar-refractivity contribution in [2.45, 2.75) is 99.8 Å². The van der Waals surface area contributed by atoms with Crippen LogP contribution in [0.25, 0.3) is 0 Å². The SMILES string of the molecule is CC(C)CC1CCC([I+]C2CCC(CC(C)C)CC2)CC1. The van der Waals surface area contributed by atoms with Crippen molar-refractivity contribution >= 4 is 0 Å². The summed E-state index contributed by atoms with van der Waals surface area (Å²) in [4.78, 5) is 0. The van der Waals surface area contributed by atoms with Crippen LogP contribution < -0.4 is 21.2 Å². The molecular formula is C20H38I+. The number of alkyl halides is 2. The van der Waals surface area contributed by atoms with Crippen LogP contribution in [0.5, 0.6) is 0 Å². The predicted molar refractivity (Wildman–Crippen MR) is 90.4 cm³/mol. The van der Waals surface area contributed by atoms with E-state index in [0.717, 1.165) is 23.7 Å². The van der Waals surface area contributed by atoms with E-state index in [1.807, 2.05) is 0 Å². The van der Waals surface area contributed by atoms with E-state index in [-0.39, 0.29) is 0 Å². The summed E-state index contributed by atoms with van der Waals surface area (Å²) in [5, 5.41) is 0. The summed E-state index contributed by atoms with van der Waals surface area (Å²) in [5.41, 5.74) is 0. The van der Waals surface area contributed by atoms with Gasteiger partial charge in [0, 0.05) is 0 Å². The van der Waals surface area contributed by atoms with Crippen LogP contribution in [0.3, 0.4) is 0 Å². The fourth-order valence-corrected chi connectivity index (χ4v) is 8.87. The number of hydrogen-bond acceptors (Lipinski definition) is 0. The lowest BCUT2D eigenvalue weighted by molar-refractivity contribution is -0.726. The van der Waals surface area contributed by atoms with Gasteiger partial charge in [0.25, 0.3) is 21.2 Å². The minimum Gasteiger partial charge on any atom is -0.0628 e. The summed E-state index contributed by atoms with van der Waals surface area (Å²) in [6, 6.07) is 0. The van der Waals surface area contributed by atoms with Gasteiger partial charge in [0.1, 0.15) is 0 Å². The van der Waals surface area contributed by atoms with Crippen LogP contribution in [0.4, 0.5) is 0 Å². The Morgan fingerprint density at radius 1 is 0.619 bits per heavy atom. The van der Waals surface area contributed by atoms with Gasteiger partial charge in [0.2, 0.25) is 0 Å². The number of halogens is 1. The number of rotatable bonds is 6. The second kappa shape index (κ2) is 9.13. The third kappa shape index (κ3) is 6.79. The third-order valence-electron chi connectivity index (χ3n) is 5.52. The maximum atomic E-state index is 2.40. The van der Waals surface area contributed by atoms with Gasteiger partial charge >= 0.3 is 0 Å². The lowest BCUT2D eigenvalue weighted by Crippen LogP contribution is -3.68. The van der Waals surface area contributed by atoms with Gasteiger partial charge in [0.05, 0.1) is 0 Å². The summed E-state index contributed by atoms with van der Waals surface area (Å²) in [6.07, 6.45) is 15.6. The first kappa shape index (κ1) is 18.1. The molecule has 0 unspecified atom stereocenters. The van der Waals surface area contributed by atoms with Gasteiger partial charge in [-0.05, 0) is 87.9 Å². The van der Waals surface area contributed by atoms with Crippen molar-refractivity contribution in [1.82, 2.24) is 0 Å². The third-order valence-corrected chi connectivity index (χ3v) is 10.0. The quantitative estimate of drug-likeness (QED) is 0.470. The van der Waals surface area contributed by atoms with Crippen LogP contribution in [-0.4, -0.2) is 7.85 Å². The van der Waals surface area contributed by atoms with E-state index < -0.39 is 0 Å². The molecule has 1 heteroatoms. The Bertz CT molecular complexity index is 240. The molecule has 0 N–H and O–H groups in total. The Morgan fingerprint density at radius 2 is 0.952 bits per heavy atom. The van der Waals surface area contributed by atoms with Gasteiger partial charge < -0.3 is 0 Å². The zero-order valence-corrected chi connectivity index (χ0v) is 17.1. The summed E-state index contributed by atoms with van der Waals surface area (Å²) in [6.45, 7) is 9.59. The van der Waals surface area contributed by atoms with E-state index in [0.29, 0.717) is 21.2 Å². The van der Waals surface area contributed by atoms with E-state index in [1.54, 1.807) is 51.4 Å². The standard InChI is InChI=1S/C20H38I/c1-15(2)13-17-5-9-19(10-6-17)21-20-11-7-18(8-12-20)14-16(3)4/h15-20H,5-14H2,1-4H3/q+1. The van der Waals surface area contributed by atoms with Crippen molar-refractivity contribution in [3.63, 3.8) is 0 Å². The molecule has 2 saturated carbocycles. The molecule has 0 aromatic heterocycles. The lowest BCUT2D eigenvalue weighted by Gasteiger charge is -2.28. The monoisotopic (exact) mass is 405 g/mol. The van der Waals surface area contributed by atoms with E-state index >= 15 is 0 Å². The molecule has 0 spiro atoms. The molecule has 124 valence electrons. The van der Waals surface area contributed by atoms with Crippen LogP contribution >= 0.6 is 0 Å². The predicted octanol–water partition coefficient (Wildman–Crippen LogP) is 3.29. The minimum absolute atomic E-state index is 0.502. The van der Waals surface area contributed by atoms with Crippen molar-refractivity contribution in [1.29, 1.82) is 0 Å². The van der Waals surface area contributed by atoms with Gasteiger partial charge in [-0.2, -0.15) is 0 Å². The van der Waals surface area contributed by atoms with Crippen LogP contribution in [-0.2, 0) is 0 Å².